The Hall–Kier alpha value is -1.36. The van der Waals surface area contributed by atoms with Gasteiger partial charge in [-0.15, -0.1) is 0 Å². The van der Waals surface area contributed by atoms with E-state index in [9.17, 15) is 0 Å². The van der Waals surface area contributed by atoms with E-state index in [2.05, 4.69) is 35.1 Å². The standard InChI is InChI=1S/C10H15N3O2/c1-7-4-8(6-13(2)5-7)9-11-10(14-3)12-15-9/h4,7H,5-6H2,1-3H3. The summed E-state index contributed by atoms with van der Waals surface area (Å²) in [6.07, 6.45) is 2.17. The first kappa shape index (κ1) is 10.2. The number of aromatic nitrogens is 2. The lowest BCUT2D eigenvalue weighted by atomic mass is 10.0. The Kier molecular flexibility index (Phi) is 2.73. The Bertz CT molecular complexity index is 372. The third kappa shape index (κ3) is 2.18. The molecule has 0 spiro atoms. The quantitative estimate of drug-likeness (QED) is 0.728. The van der Waals surface area contributed by atoms with Crippen LogP contribution in [0.25, 0.3) is 5.57 Å². The number of ether oxygens (including phenoxy) is 1. The Morgan fingerprint density at radius 2 is 2.40 bits per heavy atom. The predicted molar refractivity (Wildman–Crippen MR) is 55.5 cm³/mol. The molecule has 0 N–H and O–H groups in total. The molecule has 1 aliphatic rings. The first-order valence-corrected chi connectivity index (χ1v) is 4.96. The third-order valence-corrected chi connectivity index (χ3v) is 2.39. The summed E-state index contributed by atoms with van der Waals surface area (Å²) in [5, 5.41) is 3.69. The maximum absolute atomic E-state index is 5.11. The zero-order valence-corrected chi connectivity index (χ0v) is 9.23. The molecule has 1 unspecified atom stereocenters. The molecule has 1 aliphatic heterocycles. The Morgan fingerprint density at radius 1 is 1.60 bits per heavy atom. The Balaban J connectivity index is 2.22. The molecule has 0 bridgehead atoms. The summed E-state index contributed by atoms with van der Waals surface area (Å²) in [7, 11) is 3.61. The van der Waals surface area contributed by atoms with Gasteiger partial charge in [-0.1, -0.05) is 13.0 Å². The van der Waals surface area contributed by atoms with Crippen LogP contribution in [0.4, 0.5) is 0 Å². The van der Waals surface area contributed by atoms with Gasteiger partial charge in [0.05, 0.1) is 7.11 Å². The van der Waals surface area contributed by atoms with Crippen molar-refractivity contribution in [1.29, 1.82) is 0 Å². The average Bonchev–Trinajstić information content (AvgIpc) is 2.64. The van der Waals surface area contributed by atoms with Crippen molar-refractivity contribution < 1.29 is 9.26 Å². The summed E-state index contributed by atoms with van der Waals surface area (Å²) in [5.74, 6) is 1.07. The number of hydrogen-bond donors (Lipinski definition) is 0. The molecule has 0 aromatic carbocycles. The molecular formula is C10H15N3O2. The van der Waals surface area contributed by atoms with Crippen molar-refractivity contribution in [2.75, 3.05) is 27.2 Å². The van der Waals surface area contributed by atoms with Crippen LogP contribution >= 0.6 is 0 Å². The van der Waals surface area contributed by atoms with Crippen LogP contribution in [0, 0.1) is 5.92 Å². The van der Waals surface area contributed by atoms with E-state index in [1.807, 2.05) is 0 Å². The first-order valence-electron chi connectivity index (χ1n) is 4.96. The van der Waals surface area contributed by atoms with Gasteiger partial charge in [0.2, 0.25) is 0 Å². The number of rotatable bonds is 2. The zero-order chi connectivity index (χ0) is 10.8. The van der Waals surface area contributed by atoms with Crippen molar-refractivity contribution in [1.82, 2.24) is 15.0 Å². The fourth-order valence-electron chi connectivity index (χ4n) is 1.86. The fraction of sp³-hybridized carbons (Fsp3) is 0.600. The molecule has 2 heterocycles. The molecule has 1 aromatic rings. The van der Waals surface area contributed by atoms with E-state index in [1.165, 1.54) is 7.11 Å². The van der Waals surface area contributed by atoms with E-state index in [0.717, 1.165) is 18.7 Å². The summed E-state index contributed by atoms with van der Waals surface area (Å²) >= 11 is 0. The van der Waals surface area contributed by atoms with Crippen molar-refractivity contribution >= 4 is 5.57 Å². The molecule has 82 valence electrons. The minimum absolute atomic E-state index is 0.284. The average molecular weight is 209 g/mol. The van der Waals surface area contributed by atoms with E-state index < -0.39 is 0 Å². The SMILES string of the molecule is COc1noc(C2=CC(C)CN(C)C2)n1. The highest BCUT2D eigenvalue weighted by Crippen LogP contribution is 2.22. The van der Waals surface area contributed by atoms with Crippen LogP contribution in [0.3, 0.4) is 0 Å². The molecule has 1 aromatic heterocycles. The van der Waals surface area contributed by atoms with E-state index in [0.29, 0.717) is 11.8 Å². The highest BCUT2D eigenvalue weighted by Gasteiger charge is 2.19. The predicted octanol–water partition coefficient (Wildman–Crippen LogP) is 1.04. The van der Waals surface area contributed by atoms with Crippen molar-refractivity contribution in [3.63, 3.8) is 0 Å². The first-order chi connectivity index (χ1) is 7.19. The van der Waals surface area contributed by atoms with Gasteiger partial charge in [0.15, 0.2) is 0 Å². The van der Waals surface area contributed by atoms with E-state index in [4.69, 9.17) is 9.26 Å². The molecule has 5 heteroatoms. The highest BCUT2D eigenvalue weighted by atomic mass is 16.5. The van der Waals surface area contributed by atoms with Crippen molar-refractivity contribution in [2.24, 2.45) is 5.92 Å². The van der Waals surface area contributed by atoms with Crippen LogP contribution in [0.1, 0.15) is 12.8 Å². The van der Waals surface area contributed by atoms with Crippen LogP contribution in [0.15, 0.2) is 10.6 Å². The lowest BCUT2D eigenvalue weighted by Crippen LogP contribution is -2.29. The molecule has 0 aliphatic carbocycles. The van der Waals surface area contributed by atoms with Gasteiger partial charge in [-0.2, -0.15) is 4.98 Å². The maximum atomic E-state index is 5.11. The van der Waals surface area contributed by atoms with Crippen LogP contribution in [-0.4, -0.2) is 42.3 Å². The largest absolute Gasteiger partial charge is 0.465 e. The molecule has 1 atom stereocenters. The molecule has 0 saturated carbocycles. The molecule has 0 radical (unpaired) electrons. The third-order valence-electron chi connectivity index (χ3n) is 2.39. The van der Waals surface area contributed by atoms with Gasteiger partial charge in [0.1, 0.15) is 0 Å². The Morgan fingerprint density at radius 3 is 3.00 bits per heavy atom. The molecule has 15 heavy (non-hydrogen) atoms. The van der Waals surface area contributed by atoms with Gasteiger partial charge in [-0.3, -0.25) is 0 Å². The molecule has 0 amide bonds. The van der Waals surface area contributed by atoms with Gasteiger partial charge < -0.3 is 14.2 Å². The second kappa shape index (κ2) is 4.02. The van der Waals surface area contributed by atoms with E-state index >= 15 is 0 Å². The number of nitrogens with zero attached hydrogens (tertiary/aromatic N) is 3. The monoisotopic (exact) mass is 209 g/mol. The summed E-state index contributed by atoms with van der Waals surface area (Å²) in [4.78, 5) is 6.36. The second-order valence-corrected chi connectivity index (χ2v) is 3.95. The van der Waals surface area contributed by atoms with Crippen molar-refractivity contribution in [2.45, 2.75) is 6.92 Å². The Labute approximate surface area is 88.7 Å². The molecule has 5 nitrogen and oxygen atoms in total. The zero-order valence-electron chi connectivity index (χ0n) is 9.23. The van der Waals surface area contributed by atoms with Gasteiger partial charge in [-0.25, -0.2) is 0 Å². The van der Waals surface area contributed by atoms with Gasteiger partial charge in [-0.05, 0) is 18.1 Å². The van der Waals surface area contributed by atoms with Crippen LogP contribution in [0.2, 0.25) is 0 Å². The second-order valence-electron chi connectivity index (χ2n) is 3.95. The summed E-state index contributed by atoms with van der Waals surface area (Å²) in [5.41, 5.74) is 1.08. The summed E-state index contributed by atoms with van der Waals surface area (Å²) < 4.78 is 9.99. The molecule has 0 fully saturated rings. The lowest BCUT2D eigenvalue weighted by Gasteiger charge is -2.25. The minimum Gasteiger partial charge on any atom is -0.465 e. The highest BCUT2D eigenvalue weighted by molar-refractivity contribution is 5.61. The van der Waals surface area contributed by atoms with Crippen LogP contribution in [0.5, 0.6) is 6.01 Å². The van der Waals surface area contributed by atoms with Gasteiger partial charge in [0.25, 0.3) is 5.89 Å². The van der Waals surface area contributed by atoms with Crippen molar-refractivity contribution in [3.05, 3.63) is 12.0 Å². The molecule has 2 rings (SSSR count). The topological polar surface area (TPSA) is 51.4 Å². The van der Waals surface area contributed by atoms with E-state index in [-0.39, 0.29) is 6.01 Å². The van der Waals surface area contributed by atoms with E-state index in [1.54, 1.807) is 0 Å². The fourth-order valence-corrected chi connectivity index (χ4v) is 1.86. The normalized spacial score (nSPS) is 22.6. The maximum Gasteiger partial charge on any atom is 0.354 e. The minimum atomic E-state index is 0.284. The number of hydrogen-bond acceptors (Lipinski definition) is 5. The molecule has 0 saturated heterocycles. The molecular weight excluding hydrogens is 194 g/mol. The van der Waals surface area contributed by atoms with Gasteiger partial charge >= 0.3 is 6.01 Å². The van der Waals surface area contributed by atoms with Crippen molar-refractivity contribution in [3.8, 4) is 6.01 Å². The van der Waals surface area contributed by atoms with Crippen LogP contribution in [-0.2, 0) is 0 Å². The number of likely N-dealkylation sites (N-methyl/N-ethyl adjacent to an activating group) is 1. The summed E-state index contributed by atoms with van der Waals surface area (Å²) in [6.45, 7) is 4.08. The summed E-state index contributed by atoms with van der Waals surface area (Å²) in [6, 6.07) is 0.284. The smallest absolute Gasteiger partial charge is 0.354 e. The van der Waals surface area contributed by atoms with Crippen LogP contribution < -0.4 is 4.74 Å². The number of methoxy groups -OCH3 is 1. The van der Waals surface area contributed by atoms with Gasteiger partial charge in [0, 0.05) is 18.7 Å². The lowest BCUT2D eigenvalue weighted by molar-refractivity contribution is 0.315.